The Kier molecular flexibility index (Phi) is 7.54. The Bertz CT molecular complexity index is 1190. The zero-order chi connectivity index (χ0) is 22.9. The summed E-state index contributed by atoms with van der Waals surface area (Å²) in [5.74, 6) is 2.88. The monoisotopic (exact) mass is 436 g/mol. The Hall–Kier alpha value is -4.19. The van der Waals surface area contributed by atoms with Crippen LogP contribution in [0.15, 0.2) is 47.3 Å². The number of hydrogen-bond acceptors (Lipinski definition) is 6. The zero-order valence-corrected chi connectivity index (χ0v) is 17.4. The SMILES string of the molecule is C#CCNC(=O)CCc1nnc(-c2ccc(OCc3ccc(F)cc3)c(OC)c2)[nH]c1=O. The maximum atomic E-state index is 13.0. The van der Waals surface area contributed by atoms with Crippen LogP contribution in [0.25, 0.3) is 11.4 Å². The number of hydrogen-bond donors (Lipinski definition) is 2. The lowest BCUT2D eigenvalue weighted by molar-refractivity contribution is -0.120. The van der Waals surface area contributed by atoms with E-state index in [0.717, 1.165) is 5.56 Å². The van der Waals surface area contributed by atoms with Crippen molar-refractivity contribution in [2.24, 2.45) is 0 Å². The minimum atomic E-state index is -0.435. The van der Waals surface area contributed by atoms with E-state index in [-0.39, 0.29) is 49.2 Å². The van der Waals surface area contributed by atoms with Crippen molar-refractivity contribution >= 4 is 5.91 Å². The minimum absolute atomic E-state index is 0.0761. The van der Waals surface area contributed by atoms with Gasteiger partial charge in [0.15, 0.2) is 17.3 Å². The number of benzene rings is 2. The molecule has 0 radical (unpaired) electrons. The van der Waals surface area contributed by atoms with Gasteiger partial charge in [0.25, 0.3) is 5.56 Å². The van der Waals surface area contributed by atoms with Gasteiger partial charge in [-0.15, -0.1) is 16.6 Å². The van der Waals surface area contributed by atoms with Crippen molar-refractivity contribution in [3.05, 3.63) is 69.9 Å². The maximum absolute atomic E-state index is 13.0. The van der Waals surface area contributed by atoms with Crippen LogP contribution < -0.4 is 20.3 Å². The Morgan fingerprint density at radius 3 is 2.66 bits per heavy atom. The summed E-state index contributed by atoms with van der Waals surface area (Å²) in [6.45, 7) is 0.363. The highest BCUT2D eigenvalue weighted by Crippen LogP contribution is 2.31. The number of carbonyl (C=O) groups is 1. The number of aryl methyl sites for hydroxylation is 1. The molecule has 1 amide bonds. The lowest BCUT2D eigenvalue weighted by Crippen LogP contribution is -2.25. The number of nitrogens with one attached hydrogen (secondary N) is 2. The summed E-state index contributed by atoms with van der Waals surface area (Å²) >= 11 is 0. The molecule has 0 fully saturated rings. The fraction of sp³-hybridized carbons (Fsp3) is 0.217. The first-order valence-electron chi connectivity index (χ1n) is 9.72. The highest BCUT2D eigenvalue weighted by atomic mass is 19.1. The number of amides is 1. The van der Waals surface area contributed by atoms with Crippen molar-refractivity contribution in [1.82, 2.24) is 20.5 Å². The Labute approximate surface area is 183 Å². The van der Waals surface area contributed by atoms with Gasteiger partial charge in [-0.3, -0.25) is 9.59 Å². The van der Waals surface area contributed by atoms with E-state index in [4.69, 9.17) is 15.9 Å². The van der Waals surface area contributed by atoms with E-state index in [9.17, 15) is 14.0 Å². The van der Waals surface area contributed by atoms with E-state index in [1.807, 2.05) is 0 Å². The first-order valence-corrected chi connectivity index (χ1v) is 9.72. The van der Waals surface area contributed by atoms with Crippen molar-refractivity contribution in [2.75, 3.05) is 13.7 Å². The van der Waals surface area contributed by atoms with Crippen LogP contribution in [0, 0.1) is 18.2 Å². The number of aromatic nitrogens is 3. The highest BCUT2D eigenvalue weighted by molar-refractivity contribution is 5.76. The second-order valence-electron chi connectivity index (χ2n) is 6.71. The van der Waals surface area contributed by atoms with Gasteiger partial charge in [0.1, 0.15) is 18.1 Å². The third kappa shape index (κ3) is 5.92. The van der Waals surface area contributed by atoms with Crippen LogP contribution in [-0.4, -0.2) is 34.7 Å². The number of nitrogens with zero attached hydrogens (tertiary/aromatic N) is 2. The van der Waals surface area contributed by atoms with Gasteiger partial charge in [-0.25, -0.2) is 4.39 Å². The van der Waals surface area contributed by atoms with Crippen LogP contribution in [-0.2, 0) is 17.8 Å². The lowest BCUT2D eigenvalue weighted by Gasteiger charge is -2.12. The smallest absolute Gasteiger partial charge is 0.273 e. The molecule has 0 aliphatic carbocycles. The van der Waals surface area contributed by atoms with Crippen molar-refractivity contribution in [3.8, 4) is 35.2 Å². The first kappa shape index (κ1) is 22.5. The molecule has 0 atom stereocenters. The molecule has 0 bridgehead atoms. The average molecular weight is 436 g/mol. The number of methoxy groups -OCH3 is 1. The molecule has 0 saturated heterocycles. The molecule has 3 aromatic rings. The molecular weight excluding hydrogens is 415 g/mol. The lowest BCUT2D eigenvalue weighted by atomic mass is 10.2. The standard InChI is InChI=1S/C23H21FN4O4/c1-3-12-25-21(29)11-9-18-23(30)26-22(28-27-18)16-6-10-19(20(13-16)31-2)32-14-15-4-7-17(24)8-5-15/h1,4-8,10,13H,9,11-12,14H2,2H3,(H,25,29)(H,26,28,30). The quantitative estimate of drug-likeness (QED) is 0.499. The van der Waals surface area contributed by atoms with Crippen LogP contribution in [0.2, 0.25) is 0 Å². The third-order valence-electron chi connectivity index (χ3n) is 4.49. The molecule has 2 aromatic carbocycles. The molecule has 3 rings (SSSR count). The van der Waals surface area contributed by atoms with E-state index in [1.165, 1.54) is 19.2 Å². The molecule has 0 spiro atoms. The normalized spacial score (nSPS) is 10.3. The van der Waals surface area contributed by atoms with Gasteiger partial charge >= 0.3 is 0 Å². The maximum Gasteiger partial charge on any atom is 0.273 e. The molecule has 0 aliphatic heterocycles. The topological polar surface area (TPSA) is 106 Å². The summed E-state index contributed by atoms with van der Waals surface area (Å²) in [5, 5.41) is 10.5. The molecule has 0 aliphatic rings. The number of H-pyrrole nitrogens is 1. The number of halogens is 1. The van der Waals surface area contributed by atoms with Gasteiger partial charge in [0.2, 0.25) is 5.91 Å². The van der Waals surface area contributed by atoms with Gasteiger partial charge in [-0.1, -0.05) is 18.1 Å². The molecule has 8 nitrogen and oxygen atoms in total. The molecule has 1 aromatic heterocycles. The van der Waals surface area contributed by atoms with Gasteiger partial charge in [0.05, 0.1) is 13.7 Å². The third-order valence-corrected chi connectivity index (χ3v) is 4.49. The predicted octanol–water partition coefficient (Wildman–Crippen LogP) is 2.24. The van der Waals surface area contributed by atoms with Gasteiger partial charge in [-0.05, 0) is 35.9 Å². The molecule has 1 heterocycles. The summed E-state index contributed by atoms with van der Waals surface area (Å²) in [6.07, 6.45) is 5.30. The second kappa shape index (κ2) is 10.7. The van der Waals surface area contributed by atoms with Crippen LogP contribution in [0.4, 0.5) is 4.39 Å². The van der Waals surface area contributed by atoms with E-state index in [2.05, 4.69) is 26.4 Å². The van der Waals surface area contributed by atoms with Crippen molar-refractivity contribution in [1.29, 1.82) is 0 Å². The molecule has 9 heteroatoms. The van der Waals surface area contributed by atoms with Gasteiger partial charge in [0, 0.05) is 18.4 Å². The largest absolute Gasteiger partial charge is 0.493 e. The summed E-state index contributed by atoms with van der Waals surface area (Å²) < 4.78 is 24.2. The molecular formula is C23H21FN4O4. The van der Waals surface area contributed by atoms with E-state index in [0.29, 0.717) is 17.1 Å². The van der Waals surface area contributed by atoms with Crippen LogP contribution in [0.1, 0.15) is 17.7 Å². The first-order chi connectivity index (χ1) is 15.5. The van der Waals surface area contributed by atoms with Gasteiger partial charge in [-0.2, -0.15) is 0 Å². The number of ether oxygens (including phenoxy) is 2. The molecule has 0 unspecified atom stereocenters. The van der Waals surface area contributed by atoms with Gasteiger partial charge < -0.3 is 19.8 Å². The average Bonchev–Trinajstić information content (AvgIpc) is 2.81. The Balaban J connectivity index is 1.70. The van der Waals surface area contributed by atoms with Crippen LogP contribution in [0.5, 0.6) is 11.5 Å². The summed E-state index contributed by atoms with van der Waals surface area (Å²) in [7, 11) is 1.49. The number of carbonyl (C=O) groups excluding carboxylic acids is 1. The summed E-state index contributed by atoms with van der Waals surface area (Å²) in [6, 6.07) is 11.0. The van der Waals surface area contributed by atoms with Crippen molar-refractivity contribution in [3.63, 3.8) is 0 Å². The van der Waals surface area contributed by atoms with Crippen molar-refractivity contribution in [2.45, 2.75) is 19.4 Å². The second-order valence-corrected chi connectivity index (χ2v) is 6.71. The number of terminal acetylenes is 1. The zero-order valence-electron chi connectivity index (χ0n) is 17.4. The summed E-state index contributed by atoms with van der Waals surface area (Å²) in [5.41, 5.74) is 1.08. The van der Waals surface area contributed by atoms with Crippen molar-refractivity contribution < 1.29 is 18.7 Å². The van der Waals surface area contributed by atoms with Crippen LogP contribution in [0.3, 0.4) is 0 Å². The fourth-order valence-corrected chi connectivity index (χ4v) is 2.80. The Morgan fingerprint density at radius 2 is 1.97 bits per heavy atom. The van der Waals surface area contributed by atoms with E-state index >= 15 is 0 Å². The minimum Gasteiger partial charge on any atom is -0.493 e. The highest BCUT2D eigenvalue weighted by Gasteiger charge is 2.12. The predicted molar refractivity (Wildman–Crippen MR) is 116 cm³/mol. The molecule has 2 N–H and O–H groups in total. The molecule has 164 valence electrons. The van der Waals surface area contributed by atoms with E-state index in [1.54, 1.807) is 30.3 Å². The van der Waals surface area contributed by atoms with E-state index < -0.39 is 5.56 Å². The molecule has 0 saturated carbocycles. The van der Waals surface area contributed by atoms with Crippen LogP contribution >= 0.6 is 0 Å². The summed E-state index contributed by atoms with van der Waals surface area (Å²) in [4.78, 5) is 26.6. The number of aromatic amines is 1. The fourth-order valence-electron chi connectivity index (χ4n) is 2.80. The Morgan fingerprint density at radius 1 is 1.19 bits per heavy atom. The molecule has 32 heavy (non-hydrogen) atoms. The number of rotatable bonds is 9.